The van der Waals surface area contributed by atoms with Crippen molar-refractivity contribution in [2.75, 3.05) is 18.5 Å². The van der Waals surface area contributed by atoms with Gasteiger partial charge >= 0.3 is 0 Å². The van der Waals surface area contributed by atoms with Gasteiger partial charge in [0.2, 0.25) is 0 Å². The third-order valence-corrected chi connectivity index (χ3v) is 8.14. The molecule has 0 radical (unpaired) electrons. The molecule has 1 aliphatic carbocycles. The van der Waals surface area contributed by atoms with E-state index in [-0.39, 0.29) is 30.6 Å². The van der Waals surface area contributed by atoms with E-state index >= 15 is 0 Å². The van der Waals surface area contributed by atoms with Crippen LogP contribution in [0.3, 0.4) is 0 Å². The van der Waals surface area contributed by atoms with E-state index in [2.05, 4.69) is 15.2 Å². The Morgan fingerprint density at radius 3 is 2.30 bits per heavy atom. The first kappa shape index (κ1) is 22.8. The number of para-hydroxylation sites is 2. The second kappa shape index (κ2) is 10.1. The Balaban J connectivity index is 1.43. The monoisotopic (exact) mass is 454 g/mol. The molecule has 7 nitrogen and oxygen atoms in total. The lowest BCUT2D eigenvalue weighted by atomic mass is 9.89. The number of fused-ring (bicyclic) bond motifs is 3. The van der Waals surface area contributed by atoms with Gasteiger partial charge in [-0.1, -0.05) is 44.2 Å². The summed E-state index contributed by atoms with van der Waals surface area (Å²) in [6.07, 6.45) is 13.1. The van der Waals surface area contributed by atoms with Gasteiger partial charge in [-0.3, -0.25) is 9.69 Å². The molecule has 1 aromatic carbocycles. The van der Waals surface area contributed by atoms with Crippen LogP contribution in [0, 0.1) is 0 Å². The summed E-state index contributed by atoms with van der Waals surface area (Å²) in [7, 11) is 0. The summed E-state index contributed by atoms with van der Waals surface area (Å²) < 4.78 is 1.97. The van der Waals surface area contributed by atoms with Crippen LogP contribution in [-0.2, 0) is 0 Å². The van der Waals surface area contributed by atoms with Crippen LogP contribution in [0.4, 0.5) is 5.82 Å². The molecule has 2 aromatic rings. The predicted octanol–water partition coefficient (Wildman–Crippen LogP) is 3.44. The topological polar surface area (TPSA) is 90.6 Å². The van der Waals surface area contributed by atoms with E-state index in [1.54, 1.807) is 0 Å². The highest BCUT2D eigenvalue weighted by Crippen LogP contribution is 2.44. The van der Waals surface area contributed by atoms with Gasteiger partial charge in [-0.05, 0) is 50.7 Å². The molecule has 5 rings (SSSR count). The number of aliphatic hydroxyl groups excluding tert-OH is 2. The number of hydrogen-bond donors (Lipinski definition) is 3. The van der Waals surface area contributed by atoms with Crippen LogP contribution in [0.1, 0.15) is 76.7 Å². The van der Waals surface area contributed by atoms with Gasteiger partial charge in [0, 0.05) is 30.7 Å². The molecule has 2 saturated heterocycles. The van der Waals surface area contributed by atoms with E-state index in [4.69, 9.17) is 5.11 Å². The van der Waals surface area contributed by atoms with Crippen molar-refractivity contribution in [2.24, 2.45) is 0 Å². The molecular formula is C26H38N4O3. The van der Waals surface area contributed by atoms with Gasteiger partial charge in [0.15, 0.2) is 5.82 Å². The fourth-order valence-corrected chi connectivity index (χ4v) is 6.64. The molecule has 0 spiro atoms. The molecule has 2 bridgehead atoms. The zero-order valence-electron chi connectivity index (χ0n) is 19.5. The van der Waals surface area contributed by atoms with Gasteiger partial charge in [0.05, 0.1) is 23.7 Å². The second-order valence-corrected chi connectivity index (χ2v) is 10.3. The highest BCUT2D eigenvalue weighted by molar-refractivity contribution is 5.76. The largest absolute Gasteiger partial charge is 0.394 e. The Kier molecular flexibility index (Phi) is 6.99. The lowest BCUT2D eigenvalue weighted by Gasteiger charge is -2.45. The fraction of sp³-hybridized carbons (Fsp3) is 0.692. The van der Waals surface area contributed by atoms with Gasteiger partial charge in [-0.15, -0.1) is 0 Å². The van der Waals surface area contributed by atoms with Crippen LogP contribution >= 0.6 is 0 Å². The van der Waals surface area contributed by atoms with Crippen molar-refractivity contribution in [3.05, 3.63) is 34.6 Å². The summed E-state index contributed by atoms with van der Waals surface area (Å²) in [4.78, 5) is 21.0. The van der Waals surface area contributed by atoms with Gasteiger partial charge in [-0.25, -0.2) is 4.98 Å². The molecule has 2 aliphatic heterocycles. The van der Waals surface area contributed by atoms with Gasteiger partial charge in [0.1, 0.15) is 0 Å². The van der Waals surface area contributed by atoms with Crippen LogP contribution in [0.15, 0.2) is 29.1 Å². The first-order valence-electron chi connectivity index (χ1n) is 13.0. The Hall–Kier alpha value is -1.96. The molecule has 7 heteroatoms. The molecule has 1 saturated carbocycles. The number of benzene rings is 1. The number of aromatic nitrogens is 2. The molecule has 3 aliphatic rings. The smallest absolute Gasteiger partial charge is 0.294 e. The summed E-state index contributed by atoms with van der Waals surface area (Å²) in [6.45, 7) is -0.250. The highest BCUT2D eigenvalue weighted by atomic mass is 16.3. The Labute approximate surface area is 195 Å². The summed E-state index contributed by atoms with van der Waals surface area (Å²) in [6, 6.07) is 9.85. The molecular weight excluding hydrogens is 416 g/mol. The molecule has 3 fully saturated rings. The Morgan fingerprint density at radius 2 is 1.61 bits per heavy atom. The average molecular weight is 455 g/mol. The van der Waals surface area contributed by atoms with E-state index in [0.717, 1.165) is 23.9 Å². The van der Waals surface area contributed by atoms with Crippen molar-refractivity contribution in [3.63, 3.8) is 0 Å². The lowest BCUT2D eigenvalue weighted by molar-refractivity contribution is 0.0498. The number of nitrogens with zero attached hydrogens (tertiary/aromatic N) is 3. The fourth-order valence-electron chi connectivity index (χ4n) is 6.64. The summed E-state index contributed by atoms with van der Waals surface area (Å²) in [5, 5.41) is 21.9. The second-order valence-electron chi connectivity index (χ2n) is 10.3. The number of aliphatic hydroxyl groups is 2. The zero-order valence-corrected chi connectivity index (χ0v) is 19.5. The standard InChI is InChI=1S/C26H38N4O3/c31-17-22(32)16-27-25-26(33)30(24-11-7-6-10-23(24)28-25)21-14-19-12-13-20(15-21)29(19)18-8-4-2-1-3-5-9-18/h6-7,10-11,18-22,31-32H,1-5,8-9,12-17H2,(H,27,28)/t19-,20+,21+,22?. The van der Waals surface area contributed by atoms with E-state index in [0.29, 0.717) is 18.1 Å². The number of rotatable bonds is 6. The maximum atomic E-state index is 13.6. The van der Waals surface area contributed by atoms with Crippen molar-refractivity contribution in [3.8, 4) is 0 Å². The molecule has 0 amide bonds. The molecule has 180 valence electrons. The summed E-state index contributed by atoms with van der Waals surface area (Å²) >= 11 is 0. The van der Waals surface area contributed by atoms with Gasteiger partial charge < -0.3 is 20.1 Å². The number of hydrogen-bond acceptors (Lipinski definition) is 6. The van der Waals surface area contributed by atoms with Crippen LogP contribution in [-0.4, -0.2) is 62.0 Å². The molecule has 1 unspecified atom stereocenters. The lowest BCUT2D eigenvalue weighted by Crippen LogP contribution is -2.50. The molecule has 3 N–H and O–H groups in total. The van der Waals surface area contributed by atoms with Crippen molar-refractivity contribution < 1.29 is 10.2 Å². The van der Waals surface area contributed by atoms with Crippen molar-refractivity contribution in [1.82, 2.24) is 14.5 Å². The quantitative estimate of drug-likeness (QED) is 0.619. The third-order valence-electron chi connectivity index (χ3n) is 8.14. The number of piperidine rings is 1. The minimum absolute atomic E-state index is 0.0997. The average Bonchev–Trinajstić information content (AvgIpc) is 3.06. The van der Waals surface area contributed by atoms with Crippen LogP contribution in [0.25, 0.3) is 11.0 Å². The minimum Gasteiger partial charge on any atom is -0.394 e. The molecule has 1 aromatic heterocycles. The number of anilines is 1. The van der Waals surface area contributed by atoms with Gasteiger partial charge in [0.25, 0.3) is 5.56 Å². The SMILES string of the molecule is O=c1c(NCC(O)CO)nc2ccccc2n1[C@H]1C[C@H]2CC[C@@H](C1)N2C1CCCCCCC1. The Morgan fingerprint density at radius 1 is 0.939 bits per heavy atom. The van der Waals surface area contributed by atoms with E-state index in [9.17, 15) is 9.90 Å². The predicted molar refractivity (Wildman–Crippen MR) is 131 cm³/mol. The van der Waals surface area contributed by atoms with E-state index in [1.807, 2.05) is 28.8 Å². The number of nitrogens with one attached hydrogen (secondary N) is 1. The highest BCUT2D eigenvalue weighted by Gasteiger charge is 2.44. The summed E-state index contributed by atoms with van der Waals surface area (Å²) in [5.74, 6) is 0.260. The summed E-state index contributed by atoms with van der Waals surface area (Å²) in [5.41, 5.74) is 1.55. The molecule has 4 atom stereocenters. The maximum Gasteiger partial charge on any atom is 0.294 e. The van der Waals surface area contributed by atoms with Crippen LogP contribution in [0.5, 0.6) is 0 Å². The zero-order chi connectivity index (χ0) is 22.8. The molecule has 33 heavy (non-hydrogen) atoms. The first-order chi connectivity index (χ1) is 16.2. The van der Waals surface area contributed by atoms with E-state index in [1.165, 1.54) is 57.8 Å². The normalized spacial score (nSPS) is 27.9. The van der Waals surface area contributed by atoms with Crippen LogP contribution < -0.4 is 10.9 Å². The van der Waals surface area contributed by atoms with Gasteiger partial charge in [-0.2, -0.15) is 0 Å². The van der Waals surface area contributed by atoms with E-state index < -0.39 is 6.10 Å². The minimum atomic E-state index is -0.922. The Bertz CT molecular complexity index is 987. The van der Waals surface area contributed by atoms with Crippen molar-refractivity contribution in [1.29, 1.82) is 0 Å². The van der Waals surface area contributed by atoms with Crippen molar-refractivity contribution >= 4 is 16.9 Å². The maximum absolute atomic E-state index is 13.6. The third kappa shape index (κ3) is 4.68. The van der Waals surface area contributed by atoms with Crippen LogP contribution in [0.2, 0.25) is 0 Å². The molecule has 3 heterocycles. The van der Waals surface area contributed by atoms with Crippen molar-refractivity contribution in [2.45, 2.75) is 101 Å². The first-order valence-corrected chi connectivity index (χ1v) is 13.0.